The maximum Gasteiger partial charge on any atom is 0.162 e. The van der Waals surface area contributed by atoms with Crippen LogP contribution >= 0.6 is 0 Å². The van der Waals surface area contributed by atoms with Crippen molar-refractivity contribution in [2.24, 2.45) is 0 Å². The van der Waals surface area contributed by atoms with Gasteiger partial charge < -0.3 is 8.83 Å². The molecule has 6 nitrogen and oxygen atoms in total. The Morgan fingerprint density at radius 1 is 0.354 bits per heavy atom. The van der Waals surface area contributed by atoms with Crippen LogP contribution in [0.15, 0.2) is 155 Å². The van der Waals surface area contributed by atoms with Crippen molar-refractivity contribution in [3.8, 4) is 45.0 Å². The molecule has 6 heteroatoms. The zero-order valence-corrected chi connectivity index (χ0v) is 25.5. The zero-order valence-electron chi connectivity index (χ0n) is 25.5. The first-order valence-electron chi connectivity index (χ1n) is 15.8. The van der Waals surface area contributed by atoms with Gasteiger partial charge in [0.25, 0.3) is 0 Å². The Bertz CT molecular complexity index is 2830. The van der Waals surface area contributed by atoms with E-state index >= 15 is 0 Å². The summed E-state index contributed by atoms with van der Waals surface area (Å²) in [7, 11) is 0. The lowest BCUT2D eigenvalue weighted by Crippen LogP contribution is -1.92. The van der Waals surface area contributed by atoms with Crippen molar-refractivity contribution in [2.45, 2.75) is 0 Å². The van der Waals surface area contributed by atoms with Gasteiger partial charge in [-0.3, -0.25) is 0 Å². The summed E-state index contributed by atoms with van der Waals surface area (Å²) in [6.45, 7) is 0. The van der Waals surface area contributed by atoms with E-state index in [1.54, 1.807) is 0 Å². The minimum Gasteiger partial charge on any atom is -0.455 e. The van der Waals surface area contributed by atoms with Crippen molar-refractivity contribution in [2.75, 3.05) is 0 Å². The van der Waals surface area contributed by atoms with Gasteiger partial charge >= 0.3 is 0 Å². The smallest absolute Gasteiger partial charge is 0.162 e. The first-order valence-corrected chi connectivity index (χ1v) is 15.8. The molecule has 0 aliphatic carbocycles. The van der Waals surface area contributed by atoms with Crippen LogP contribution in [0.5, 0.6) is 0 Å². The van der Waals surface area contributed by atoms with Crippen LogP contribution in [0.2, 0.25) is 0 Å². The van der Waals surface area contributed by atoms with Gasteiger partial charge in [-0.25, -0.2) is 19.9 Å². The second-order valence-corrected chi connectivity index (χ2v) is 11.9. The molecule has 0 saturated heterocycles. The standard InChI is InChI=1S/C42H24N4O2/c1-3-16-37-31(9-1)33-12-6-14-35(39(33)47-37)41-43-21-27(22-44-41)25-18-19-30-26(20-25)8-5-11-29(30)28-23-45-42(46-24-28)36-15-7-13-34-32-10-2-4-17-38(32)48-40(34)36/h1-24H. The Kier molecular flexibility index (Phi) is 5.77. The van der Waals surface area contributed by atoms with E-state index in [1.807, 2.05) is 85.5 Å². The van der Waals surface area contributed by atoms with Crippen LogP contribution in [-0.4, -0.2) is 19.9 Å². The highest BCUT2D eigenvalue weighted by Crippen LogP contribution is 2.37. The number of benzene rings is 6. The van der Waals surface area contributed by atoms with E-state index in [-0.39, 0.29) is 0 Å². The number of aromatic nitrogens is 4. The van der Waals surface area contributed by atoms with Crippen molar-refractivity contribution in [1.82, 2.24) is 19.9 Å². The lowest BCUT2D eigenvalue weighted by atomic mass is 9.97. The van der Waals surface area contributed by atoms with Crippen LogP contribution in [0.3, 0.4) is 0 Å². The molecule has 0 amide bonds. The first-order chi connectivity index (χ1) is 23.8. The third-order valence-corrected chi connectivity index (χ3v) is 9.12. The first kappa shape index (κ1) is 26.5. The number of nitrogens with zero attached hydrogens (tertiary/aromatic N) is 4. The molecule has 0 radical (unpaired) electrons. The quantitative estimate of drug-likeness (QED) is 0.196. The minimum atomic E-state index is 0.630. The van der Waals surface area contributed by atoms with Gasteiger partial charge in [0, 0.05) is 57.5 Å². The van der Waals surface area contributed by atoms with E-state index in [4.69, 9.17) is 28.8 Å². The van der Waals surface area contributed by atoms with Crippen LogP contribution in [0.25, 0.3) is 99.7 Å². The molecule has 0 aliphatic heterocycles. The highest BCUT2D eigenvalue weighted by Gasteiger charge is 2.16. The molecule has 0 aliphatic rings. The maximum atomic E-state index is 6.22. The number of hydrogen-bond acceptors (Lipinski definition) is 6. The molecule has 10 rings (SSSR count). The average molecular weight is 617 g/mol. The zero-order chi connectivity index (χ0) is 31.6. The topological polar surface area (TPSA) is 77.8 Å². The van der Waals surface area contributed by atoms with Crippen molar-refractivity contribution in [3.05, 3.63) is 146 Å². The van der Waals surface area contributed by atoms with E-state index in [0.29, 0.717) is 11.6 Å². The van der Waals surface area contributed by atoms with Crippen molar-refractivity contribution < 1.29 is 8.83 Å². The summed E-state index contributed by atoms with van der Waals surface area (Å²) in [5, 5.41) is 6.52. The van der Waals surface area contributed by atoms with Crippen LogP contribution < -0.4 is 0 Å². The second-order valence-electron chi connectivity index (χ2n) is 11.9. The maximum absolute atomic E-state index is 6.22. The summed E-state index contributed by atoms with van der Waals surface area (Å²) < 4.78 is 12.4. The van der Waals surface area contributed by atoms with Gasteiger partial charge in [-0.2, -0.15) is 0 Å². The SMILES string of the molecule is c1cc(-c2cnc(-c3cccc4c3oc3ccccc34)nc2)c2ccc(-c3cnc(-c4cccc5c4oc4ccccc45)nc3)cc2c1. The fourth-order valence-corrected chi connectivity index (χ4v) is 6.78. The van der Waals surface area contributed by atoms with E-state index in [2.05, 4.69) is 60.7 Å². The van der Waals surface area contributed by atoms with Crippen molar-refractivity contribution in [1.29, 1.82) is 0 Å². The highest BCUT2D eigenvalue weighted by atomic mass is 16.3. The molecule has 4 aromatic heterocycles. The molecule has 0 fully saturated rings. The molecular weight excluding hydrogens is 592 g/mol. The Morgan fingerprint density at radius 2 is 0.854 bits per heavy atom. The van der Waals surface area contributed by atoms with Crippen molar-refractivity contribution >= 4 is 54.6 Å². The number of hydrogen-bond donors (Lipinski definition) is 0. The van der Waals surface area contributed by atoms with Gasteiger partial charge in [-0.1, -0.05) is 91.0 Å². The number of para-hydroxylation sites is 4. The molecule has 0 spiro atoms. The van der Waals surface area contributed by atoms with Crippen LogP contribution in [-0.2, 0) is 0 Å². The molecule has 0 unspecified atom stereocenters. The van der Waals surface area contributed by atoms with E-state index < -0.39 is 0 Å². The molecule has 0 bridgehead atoms. The van der Waals surface area contributed by atoms with Gasteiger partial charge in [0.05, 0.1) is 11.1 Å². The van der Waals surface area contributed by atoms with Crippen LogP contribution in [0, 0.1) is 0 Å². The summed E-state index contributed by atoms with van der Waals surface area (Å²) in [6.07, 6.45) is 7.54. The number of rotatable bonds is 4. The molecule has 224 valence electrons. The Morgan fingerprint density at radius 3 is 1.46 bits per heavy atom. The van der Waals surface area contributed by atoms with Gasteiger partial charge in [-0.05, 0) is 52.2 Å². The summed E-state index contributed by atoms with van der Waals surface area (Å²) in [6, 6.07) is 41.1. The van der Waals surface area contributed by atoms with Crippen LogP contribution in [0.1, 0.15) is 0 Å². The predicted octanol–water partition coefficient (Wildman–Crippen LogP) is 10.9. The largest absolute Gasteiger partial charge is 0.455 e. The number of furan rings is 2. The Hall–Kier alpha value is -6.66. The molecule has 10 aromatic rings. The predicted molar refractivity (Wildman–Crippen MR) is 191 cm³/mol. The Balaban J connectivity index is 0.973. The molecule has 0 saturated carbocycles. The number of fused-ring (bicyclic) bond motifs is 7. The molecular formula is C42H24N4O2. The van der Waals surface area contributed by atoms with Gasteiger partial charge in [0.2, 0.25) is 0 Å². The summed E-state index contributed by atoms with van der Waals surface area (Å²) >= 11 is 0. The lowest BCUT2D eigenvalue weighted by molar-refractivity contribution is 0.669. The van der Waals surface area contributed by atoms with Crippen molar-refractivity contribution in [3.63, 3.8) is 0 Å². The summed E-state index contributed by atoms with van der Waals surface area (Å²) in [5.74, 6) is 1.26. The van der Waals surface area contributed by atoms with Gasteiger partial charge in [0.1, 0.15) is 22.3 Å². The lowest BCUT2D eigenvalue weighted by Gasteiger charge is -2.10. The third-order valence-electron chi connectivity index (χ3n) is 9.12. The highest BCUT2D eigenvalue weighted by molar-refractivity contribution is 6.10. The van der Waals surface area contributed by atoms with Crippen LogP contribution in [0.4, 0.5) is 0 Å². The van der Waals surface area contributed by atoms with E-state index in [1.165, 1.54) is 0 Å². The van der Waals surface area contributed by atoms with Gasteiger partial charge in [0.15, 0.2) is 11.6 Å². The van der Waals surface area contributed by atoms with Gasteiger partial charge in [-0.15, -0.1) is 0 Å². The Labute approximate surface area is 274 Å². The average Bonchev–Trinajstić information content (AvgIpc) is 3.73. The third kappa shape index (κ3) is 4.13. The summed E-state index contributed by atoms with van der Waals surface area (Å²) in [4.78, 5) is 19.1. The fourth-order valence-electron chi connectivity index (χ4n) is 6.78. The minimum absolute atomic E-state index is 0.630. The van der Waals surface area contributed by atoms with E-state index in [9.17, 15) is 0 Å². The fraction of sp³-hybridized carbons (Fsp3) is 0. The monoisotopic (exact) mass is 616 g/mol. The molecule has 4 heterocycles. The summed E-state index contributed by atoms with van der Waals surface area (Å²) in [5.41, 5.74) is 9.06. The second kappa shape index (κ2) is 10.4. The van der Waals surface area contributed by atoms with E-state index in [0.717, 1.165) is 88.0 Å². The molecule has 48 heavy (non-hydrogen) atoms. The molecule has 0 atom stereocenters. The molecule has 0 N–H and O–H groups in total. The normalized spacial score (nSPS) is 11.8. The molecule has 6 aromatic carbocycles.